The van der Waals surface area contributed by atoms with E-state index in [1.807, 2.05) is 27.7 Å². The second-order valence-corrected chi connectivity index (χ2v) is 3.16. The van der Waals surface area contributed by atoms with Gasteiger partial charge in [-0.2, -0.15) is 0 Å². The van der Waals surface area contributed by atoms with Gasteiger partial charge in [-0.05, 0) is 37.2 Å². The maximum atomic E-state index is 12.6. The van der Waals surface area contributed by atoms with Gasteiger partial charge in [0.2, 0.25) is 0 Å². The highest BCUT2D eigenvalue weighted by atomic mass is 32.2. The molecule has 0 aliphatic heterocycles. The molecule has 1 aromatic carbocycles. The van der Waals surface area contributed by atoms with E-state index >= 15 is 0 Å². The molecule has 4 heteroatoms. The van der Waals surface area contributed by atoms with E-state index in [2.05, 4.69) is 4.72 Å². The van der Waals surface area contributed by atoms with Gasteiger partial charge in [0.1, 0.15) is 5.82 Å². The first-order valence-electron chi connectivity index (χ1n) is 5.36. The normalized spacial score (nSPS) is 8.12. The van der Waals surface area contributed by atoms with Crippen LogP contribution in [0.5, 0.6) is 0 Å². The zero-order chi connectivity index (χ0) is 13.0. The van der Waals surface area contributed by atoms with E-state index in [0.29, 0.717) is 11.8 Å². The molecule has 1 N–H and O–H groups in total. The number of rotatable bonds is 3. The van der Waals surface area contributed by atoms with Gasteiger partial charge in [0.05, 0.1) is 0 Å². The highest BCUT2D eigenvalue weighted by molar-refractivity contribution is 7.97. The average molecular weight is 245 g/mol. The summed E-state index contributed by atoms with van der Waals surface area (Å²) in [6.45, 7) is 8.00. The molecule has 0 saturated heterocycles. The van der Waals surface area contributed by atoms with Crippen LogP contribution >= 0.6 is 11.9 Å². The smallest absolute Gasteiger partial charge is 0.151 e. The molecule has 0 atom stereocenters. The van der Waals surface area contributed by atoms with Crippen LogP contribution in [0.3, 0.4) is 0 Å². The summed E-state index contributed by atoms with van der Waals surface area (Å²) >= 11 is 1.29. The molecule has 16 heavy (non-hydrogen) atoms. The number of benzene rings is 1. The summed E-state index contributed by atoms with van der Waals surface area (Å²) in [5.41, 5.74) is 0.370. The third kappa shape index (κ3) is 6.58. The summed E-state index contributed by atoms with van der Waals surface area (Å²) in [6.07, 6.45) is 0.642. The number of nitrogens with one attached hydrogen (secondary N) is 1. The molecule has 0 amide bonds. The van der Waals surface area contributed by atoms with E-state index in [4.69, 9.17) is 0 Å². The summed E-state index contributed by atoms with van der Waals surface area (Å²) in [5.74, 6) is -0.391. The van der Waals surface area contributed by atoms with Crippen LogP contribution in [-0.4, -0.2) is 13.3 Å². The lowest BCUT2D eigenvalue weighted by Gasteiger charge is -2.01. The third-order valence-electron chi connectivity index (χ3n) is 1.31. The minimum atomic E-state index is -0.391. The molecule has 0 aliphatic rings. The van der Waals surface area contributed by atoms with Gasteiger partial charge in [0.25, 0.3) is 0 Å². The molecule has 0 heterocycles. The van der Waals surface area contributed by atoms with E-state index < -0.39 is 5.82 Å². The van der Waals surface area contributed by atoms with Crippen molar-refractivity contribution in [3.05, 3.63) is 29.6 Å². The Morgan fingerprint density at radius 2 is 1.81 bits per heavy atom. The predicted molar refractivity (Wildman–Crippen MR) is 69.4 cm³/mol. The molecular weight excluding hydrogens is 225 g/mol. The molecule has 0 bridgehead atoms. The summed E-state index contributed by atoms with van der Waals surface area (Å²) in [7, 11) is 1.74. The first-order chi connectivity index (χ1) is 7.77. The first kappa shape index (κ1) is 17.5. The predicted octanol–water partition coefficient (Wildman–Crippen LogP) is 3.92. The lowest BCUT2D eigenvalue weighted by atomic mass is 10.2. The van der Waals surface area contributed by atoms with Gasteiger partial charge in [-0.1, -0.05) is 27.7 Å². The van der Waals surface area contributed by atoms with Crippen LogP contribution < -0.4 is 4.72 Å². The highest BCUT2D eigenvalue weighted by Gasteiger charge is 2.02. The molecule has 1 aromatic rings. The fraction of sp³-hybridized carbons (Fsp3) is 0.417. The number of hydrogen-bond donors (Lipinski definition) is 1. The lowest BCUT2D eigenvalue weighted by Crippen LogP contribution is -1.94. The fourth-order valence-corrected chi connectivity index (χ4v) is 1.40. The van der Waals surface area contributed by atoms with Crippen molar-refractivity contribution in [2.24, 2.45) is 0 Å². The zero-order valence-electron chi connectivity index (χ0n) is 10.5. The molecular formula is C12H20FNOS. The van der Waals surface area contributed by atoms with Crippen LogP contribution in [0.2, 0.25) is 0 Å². The van der Waals surface area contributed by atoms with Crippen LogP contribution in [-0.2, 0) is 0 Å². The largest absolute Gasteiger partial charge is 0.298 e. The Kier molecular flexibility index (Phi) is 13.4. The Bertz CT molecular complexity index is 292. The van der Waals surface area contributed by atoms with Crippen molar-refractivity contribution >= 4 is 18.2 Å². The maximum Gasteiger partial charge on any atom is 0.151 e. The van der Waals surface area contributed by atoms with Crippen LogP contribution in [0.25, 0.3) is 0 Å². The number of aldehydes is 1. The zero-order valence-corrected chi connectivity index (χ0v) is 11.3. The molecule has 0 saturated carbocycles. The Balaban J connectivity index is 0. The van der Waals surface area contributed by atoms with Crippen molar-refractivity contribution < 1.29 is 9.18 Å². The van der Waals surface area contributed by atoms with Gasteiger partial charge in [-0.3, -0.25) is 9.52 Å². The molecule has 0 aromatic heterocycles. The molecule has 0 aliphatic carbocycles. The van der Waals surface area contributed by atoms with Crippen LogP contribution in [0.15, 0.2) is 23.1 Å². The monoisotopic (exact) mass is 245 g/mol. The van der Waals surface area contributed by atoms with Crippen molar-refractivity contribution in [3.8, 4) is 0 Å². The molecule has 0 unspecified atom stereocenters. The van der Waals surface area contributed by atoms with Crippen LogP contribution in [0.1, 0.15) is 38.1 Å². The lowest BCUT2D eigenvalue weighted by molar-refractivity contribution is 0.112. The van der Waals surface area contributed by atoms with Gasteiger partial charge in [0.15, 0.2) is 6.29 Å². The SMILES string of the molecule is CC.CC.CNSc1ccc(F)cc1C=O. The third-order valence-corrected chi connectivity index (χ3v) is 2.11. The number of carbonyl (C=O) groups excluding carboxylic acids is 1. The Labute approximate surface area is 102 Å². The van der Waals surface area contributed by atoms with E-state index in [0.717, 1.165) is 4.90 Å². The quantitative estimate of drug-likeness (QED) is 0.646. The molecule has 0 spiro atoms. The van der Waals surface area contributed by atoms with Crippen molar-refractivity contribution in [1.29, 1.82) is 0 Å². The summed E-state index contributed by atoms with van der Waals surface area (Å²) in [4.78, 5) is 11.2. The molecule has 0 fully saturated rings. The van der Waals surface area contributed by atoms with E-state index in [1.165, 1.54) is 24.1 Å². The number of halogens is 1. The number of hydrogen-bond acceptors (Lipinski definition) is 3. The average Bonchev–Trinajstić information content (AvgIpc) is 2.36. The topological polar surface area (TPSA) is 29.1 Å². The second-order valence-electron chi connectivity index (χ2n) is 2.11. The highest BCUT2D eigenvalue weighted by Crippen LogP contribution is 2.18. The molecule has 1 rings (SSSR count). The summed E-state index contributed by atoms with van der Waals surface area (Å²) in [6, 6.07) is 4.11. The van der Waals surface area contributed by atoms with E-state index in [-0.39, 0.29) is 0 Å². The van der Waals surface area contributed by atoms with Crippen molar-refractivity contribution in [3.63, 3.8) is 0 Å². The fourth-order valence-electron chi connectivity index (χ4n) is 0.814. The van der Waals surface area contributed by atoms with Gasteiger partial charge < -0.3 is 0 Å². The van der Waals surface area contributed by atoms with Crippen LogP contribution in [0.4, 0.5) is 4.39 Å². The molecule has 92 valence electrons. The van der Waals surface area contributed by atoms with Crippen molar-refractivity contribution in [2.75, 3.05) is 7.05 Å². The van der Waals surface area contributed by atoms with E-state index in [9.17, 15) is 9.18 Å². The second kappa shape index (κ2) is 12.2. The molecule has 2 nitrogen and oxygen atoms in total. The van der Waals surface area contributed by atoms with E-state index in [1.54, 1.807) is 13.1 Å². The Hall–Kier alpha value is -0.870. The van der Waals surface area contributed by atoms with Gasteiger partial charge in [-0.25, -0.2) is 4.39 Å². The number of carbonyl (C=O) groups is 1. The van der Waals surface area contributed by atoms with Gasteiger partial charge in [0, 0.05) is 10.5 Å². The van der Waals surface area contributed by atoms with Gasteiger partial charge >= 0.3 is 0 Å². The summed E-state index contributed by atoms with van der Waals surface area (Å²) < 4.78 is 15.4. The minimum Gasteiger partial charge on any atom is -0.298 e. The minimum absolute atomic E-state index is 0.370. The van der Waals surface area contributed by atoms with Gasteiger partial charge in [-0.15, -0.1) is 0 Å². The van der Waals surface area contributed by atoms with Crippen molar-refractivity contribution in [1.82, 2.24) is 4.72 Å². The Morgan fingerprint density at radius 3 is 2.25 bits per heavy atom. The standard InChI is InChI=1S/C8H8FNOS.2C2H6/c1-10-12-8-3-2-7(9)4-6(8)5-11;2*1-2/h2-5,10H,1H3;2*1-2H3. The van der Waals surface area contributed by atoms with Crippen LogP contribution in [0, 0.1) is 5.82 Å². The van der Waals surface area contributed by atoms with Crippen molar-refractivity contribution in [2.45, 2.75) is 32.6 Å². The Morgan fingerprint density at radius 1 is 1.25 bits per heavy atom. The summed E-state index contributed by atoms with van der Waals surface area (Å²) in [5, 5.41) is 0. The maximum absolute atomic E-state index is 12.6. The molecule has 0 radical (unpaired) electrons. The first-order valence-corrected chi connectivity index (χ1v) is 6.18.